The predicted molar refractivity (Wildman–Crippen MR) is 131 cm³/mol. The van der Waals surface area contributed by atoms with Gasteiger partial charge in [0.15, 0.2) is 6.19 Å². The number of nitrogens with zero attached hydrogens (tertiary/aromatic N) is 5. The van der Waals surface area contributed by atoms with E-state index >= 15 is 0 Å². The molecule has 0 aliphatic heterocycles. The van der Waals surface area contributed by atoms with Gasteiger partial charge in [-0.3, -0.25) is 19.7 Å². The minimum atomic E-state index is -0.371. The van der Waals surface area contributed by atoms with E-state index < -0.39 is 0 Å². The second kappa shape index (κ2) is 10.9. The zero-order valence-corrected chi connectivity index (χ0v) is 19.2. The van der Waals surface area contributed by atoms with Gasteiger partial charge in [-0.1, -0.05) is 23.7 Å². The van der Waals surface area contributed by atoms with E-state index in [1.54, 1.807) is 48.7 Å². The first-order valence-electron chi connectivity index (χ1n) is 10.2. The highest BCUT2D eigenvalue weighted by molar-refractivity contribution is 6.30. The van der Waals surface area contributed by atoms with Gasteiger partial charge in [-0.2, -0.15) is 5.26 Å². The van der Waals surface area contributed by atoms with Crippen molar-refractivity contribution in [3.63, 3.8) is 0 Å². The van der Waals surface area contributed by atoms with Gasteiger partial charge in [0, 0.05) is 23.8 Å². The lowest BCUT2D eigenvalue weighted by Gasteiger charge is -2.16. The maximum Gasteiger partial charge on any atom is 0.279 e. The molecule has 0 amide bonds. The SMILES string of the molecule is CN=C(NC#N)Nc1cnc(Nc2ccc(Oc3ccon3)cc2)n(Cc2ccc(Cl)cc2)c1=O. The Balaban J connectivity index is 1.63. The summed E-state index contributed by atoms with van der Waals surface area (Å²) < 4.78 is 11.8. The van der Waals surface area contributed by atoms with Crippen LogP contribution in [0.25, 0.3) is 0 Å². The smallest absolute Gasteiger partial charge is 0.279 e. The summed E-state index contributed by atoms with van der Waals surface area (Å²) in [5, 5.41) is 21.5. The van der Waals surface area contributed by atoms with Crippen LogP contribution in [-0.2, 0) is 6.54 Å². The monoisotopic (exact) mass is 490 g/mol. The van der Waals surface area contributed by atoms with Crippen LogP contribution < -0.4 is 26.2 Å². The van der Waals surface area contributed by atoms with E-state index in [0.29, 0.717) is 28.3 Å². The van der Waals surface area contributed by atoms with Crippen molar-refractivity contribution in [2.45, 2.75) is 6.54 Å². The number of benzene rings is 2. The molecule has 176 valence electrons. The largest absolute Gasteiger partial charge is 0.436 e. The van der Waals surface area contributed by atoms with Crippen LogP contribution in [0.2, 0.25) is 5.02 Å². The summed E-state index contributed by atoms with van der Waals surface area (Å²) in [6.45, 7) is 0.221. The lowest BCUT2D eigenvalue weighted by atomic mass is 10.2. The molecule has 0 radical (unpaired) electrons. The summed E-state index contributed by atoms with van der Waals surface area (Å²) in [7, 11) is 1.48. The average Bonchev–Trinajstić information content (AvgIpc) is 3.38. The summed E-state index contributed by atoms with van der Waals surface area (Å²) in [4.78, 5) is 21.7. The average molecular weight is 491 g/mol. The van der Waals surface area contributed by atoms with Crippen LogP contribution in [0.1, 0.15) is 5.56 Å². The quantitative estimate of drug-likeness (QED) is 0.152. The number of guanidine groups is 1. The number of ether oxygens (including phenoxy) is 1. The first kappa shape index (κ1) is 23.3. The third kappa shape index (κ3) is 5.95. The van der Waals surface area contributed by atoms with Crippen molar-refractivity contribution in [2.75, 3.05) is 17.7 Å². The Morgan fingerprint density at radius 1 is 1.20 bits per heavy atom. The number of rotatable bonds is 7. The van der Waals surface area contributed by atoms with Gasteiger partial charge in [0.25, 0.3) is 11.4 Å². The summed E-state index contributed by atoms with van der Waals surface area (Å²) in [6.07, 6.45) is 4.55. The Labute approximate surface area is 204 Å². The molecule has 0 saturated carbocycles. The van der Waals surface area contributed by atoms with E-state index in [1.807, 2.05) is 12.1 Å². The maximum absolute atomic E-state index is 13.3. The number of nitrogens with one attached hydrogen (secondary N) is 3. The van der Waals surface area contributed by atoms with Gasteiger partial charge in [0.1, 0.15) is 17.7 Å². The van der Waals surface area contributed by atoms with Gasteiger partial charge in [0.2, 0.25) is 11.9 Å². The molecule has 0 saturated heterocycles. The molecule has 0 bridgehead atoms. The first-order valence-corrected chi connectivity index (χ1v) is 10.6. The number of halogens is 1. The number of anilines is 3. The van der Waals surface area contributed by atoms with E-state index in [0.717, 1.165) is 5.56 Å². The summed E-state index contributed by atoms with van der Waals surface area (Å²) in [5.74, 6) is 1.33. The minimum absolute atomic E-state index is 0.118. The highest BCUT2D eigenvalue weighted by Gasteiger charge is 2.13. The molecular formula is C23H19ClN8O3. The van der Waals surface area contributed by atoms with Gasteiger partial charge in [-0.25, -0.2) is 4.98 Å². The molecule has 2 heterocycles. The predicted octanol–water partition coefficient (Wildman–Crippen LogP) is 3.94. The van der Waals surface area contributed by atoms with Crippen LogP contribution in [-0.4, -0.2) is 27.7 Å². The zero-order valence-electron chi connectivity index (χ0n) is 18.4. The zero-order chi connectivity index (χ0) is 24.6. The molecule has 35 heavy (non-hydrogen) atoms. The lowest BCUT2D eigenvalue weighted by Crippen LogP contribution is -2.33. The molecule has 11 nitrogen and oxygen atoms in total. The highest BCUT2D eigenvalue weighted by Crippen LogP contribution is 2.23. The van der Waals surface area contributed by atoms with Crippen LogP contribution in [0.15, 0.2) is 81.4 Å². The fraction of sp³-hybridized carbons (Fsp3) is 0.0870. The third-order valence-electron chi connectivity index (χ3n) is 4.70. The second-order valence-corrected chi connectivity index (χ2v) is 7.47. The molecule has 0 spiro atoms. The van der Waals surface area contributed by atoms with E-state index in [1.165, 1.54) is 24.1 Å². The number of aromatic nitrogens is 3. The molecular weight excluding hydrogens is 472 g/mol. The lowest BCUT2D eigenvalue weighted by molar-refractivity contribution is 0.367. The molecule has 0 aliphatic carbocycles. The van der Waals surface area contributed by atoms with Crippen molar-refractivity contribution in [3.05, 3.63) is 88.0 Å². The van der Waals surface area contributed by atoms with E-state index in [-0.39, 0.29) is 23.8 Å². The van der Waals surface area contributed by atoms with Crippen LogP contribution in [0, 0.1) is 11.5 Å². The van der Waals surface area contributed by atoms with Crippen molar-refractivity contribution >= 4 is 34.9 Å². The molecule has 3 N–H and O–H groups in total. The maximum atomic E-state index is 13.3. The van der Waals surface area contributed by atoms with Crippen molar-refractivity contribution < 1.29 is 9.26 Å². The number of aliphatic imine (C=N–C) groups is 1. The Hall–Kier alpha value is -4.82. The highest BCUT2D eigenvalue weighted by atomic mass is 35.5. The van der Waals surface area contributed by atoms with Gasteiger partial charge in [-0.05, 0) is 47.1 Å². The molecule has 0 atom stereocenters. The summed E-state index contributed by atoms with van der Waals surface area (Å²) in [5.41, 5.74) is 1.29. The molecule has 2 aromatic heterocycles. The minimum Gasteiger partial charge on any atom is -0.436 e. The van der Waals surface area contributed by atoms with Crippen molar-refractivity contribution in [1.82, 2.24) is 20.0 Å². The van der Waals surface area contributed by atoms with Crippen molar-refractivity contribution in [3.8, 4) is 17.8 Å². The Morgan fingerprint density at radius 3 is 2.63 bits per heavy atom. The third-order valence-corrected chi connectivity index (χ3v) is 4.95. The molecule has 4 rings (SSSR count). The summed E-state index contributed by atoms with van der Waals surface area (Å²) in [6, 6.07) is 15.8. The van der Waals surface area contributed by atoms with Crippen LogP contribution in [0.4, 0.5) is 17.3 Å². The molecule has 0 aliphatic rings. The van der Waals surface area contributed by atoms with Crippen molar-refractivity contribution in [2.24, 2.45) is 4.99 Å². The van der Waals surface area contributed by atoms with E-state index in [4.69, 9.17) is 26.1 Å². The van der Waals surface area contributed by atoms with Gasteiger partial charge in [-0.15, -0.1) is 0 Å². The second-order valence-electron chi connectivity index (χ2n) is 7.04. The normalized spacial score (nSPS) is 10.9. The standard InChI is InChI=1S/C23H19ClN8O3/c1-26-22(28-14-25)30-19-12-27-23(32(21(19)33)13-15-2-4-16(24)5-3-15)29-17-6-8-18(9-7-17)35-20-10-11-34-31-20/h2-12H,13H2,1H3,(H,27,29)(H2,26,28,30). The topological polar surface area (TPSA) is 142 Å². The first-order chi connectivity index (χ1) is 17.1. The van der Waals surface area contributed by atoms with E-state index in [9.17, 15) is 4.79 Å². The molecule has 4 aromatic rings. The Morgan fingerprint density at radius 2 is 1.97 bits per heavy atom. The van der Waals surface area contributed by atoms with Crippen LogP contribution in [0.5, 0.6) is 11.6 Å². The van der Waals surface area contributed by atoms with Gasteiger partial charge < -0.3 is 19.9 Å². The van der Waals surface area contributed by atoms with Gasteiger partial charge in [0.05, 0.1) is 12.7 Å². The number of hydrogen-bond donors (Lipinski definition) is 3. The molecule has 0 fully saturated rings. The molecule has 0 unspecified atom stereocenters. The van der Waals surface area contributed by atoms with E-state index in [2.05, 4.69) is 31.1 Å². The Kier molecular flexibility index (Phi) is 7.25. The van der Waals surface area contributed by atoms with Gasteiger partial charge >= 0.3 is 0 Å². The van der Waals surface area contributed by atoms with Crippen molar-refractivity contribution in [1.29, 1.82) is 5.26 Å². The molecule has 2 aromatic carbocycles. The Bertz CT molecular complexity index is 1410. The number of nitriles is 1. The van der Waals surface area contributed by atoms with Crippen LogP contribution in [0.3, 0.4) is 0 Å². The number of hydrogen-bond acceptors (Lipinski definition) is 8. The fourth-order valence-electron chi connectivity index (χ4n) is 3.03. The van der Waals surface area contributed by atoms with Crippen LogP contribution >= 0.6 is 11.6 Å². The molecule has 12 heteroatoms. The fourth-order valence-corrected chi connectivity index (χ4v) is 3.16. The summed E-state index contributed by atoms with van der Waals surface area (Å²) >= 11 is 6.00.